The maximum atomic E-state index is 13.1. The number of piperidine rings is 1. The number of benzene rings is 1. The van der Waals surface area contributed by atoms with E-state index in [-0.39, 0.29) is 11.9 Å². The summed E-state index contributed by atoms with van der Waals surface area (Å²) in [6, 6.07) is 8.08. The van der Waals surface area contributed by atoms with Gasteiger partial charge in [0.2, 0.25) is 5.88 Å². The average Bonchev–Trinajstić information content (AvgIpc) is 3.17. The summed E-state index contributed by atoms with van der Waals surface area (Å²) in [5.41, 5.74) is 1.76. The number of hydrogen-bond donors (Lipinski definition) is 1. The first-order chi connectivity index (χ1) is 15.7. The smallest absolute Gasteiger partial charge is 0.305 e. The first kappa shape index (κ1) is 22.6. The van der Waals surface area contributed by atoms with E-state index in [0.717, 1.165) is 81.5 Å². The normalized spacial score (nSPS) is 17.0. The van der Waals surface area contributed by atoms with Gasteiger partial charge in [-0.05, 0) is 63.7 Å². The standard InChI is InChI=1S/C25H35N3O4/c1-31-22(29)10-3-2-6-13-27-15-11-19(12-16-27)18-26-24(30)23-20-8-4-5-9-21(20)28-14-7-17-32-25(23)28/h4-5,8-9,19H,2-3,6-7,10-18H2,1H3,(H,26,30). The van der Waals surface area contributed by atoms with Crippen LogP contribution in [0.2, 0.25) is 0 Å². The predicted octanol–water partition coefficient (Wildman–Crippen LogP) is 3.60. The van der Waals surface area contributed by atoms with Crippen molar-refractivity contribution in [1.82, 2.24) is 14.8 Å². The Morgan fingerprint density at radius 2 is 1.94 bits per heavy atom. The summed E-state index contributed by atoms with van der Waals surface area (Å²) in [4.78, 5) is 26.8. The number of ether oxygens (including phenoxy) is 2. The summed E-state index contributed by atoms with van der Waals surface area (Å²) < 4.78 is 12.7. The number of carbonyl (C=O) groups excluding carboxylic acids is 2. The van der Waals surface area contributed by atoms with Gasteiger partial charge in [-0.25, -0.2) is 0 Å². The maximum absolute atomic E-state index is 13.1. The molecule has 4 rings (SSSR count). The van der Waals surface area contributed by atoms with Crippen molar-refractivity contribution in [2.24, 2.45) is 5.92 Å². The molecular formula is C25H35N3O4. The quantitative estimate of drug-likeness (QED) is 0.476. The first-order valence-electron chi connectivity index (χ1n) is 12.0. The highest BCUT2D eigenvalue weighted by Gasteiger charge is 2.27. The van der Waals surface area contributed by atoms with Crippen LogP contribution < -0.4 is 10.1 Å². The summed E-state index contributed by atoms with van der Waals surface area (Å²) >= 11 is 0. The fourth-order valence-corrected chi connectivity index (χ4v) is 4.89. The molecule has 0 unspecified atom stereocenters. The van der Waals surface area contributed by atoms with Crippen molar-refractivity contribution in [2.75, 3.05) is 39.9 Å². The van der Waals surface area contributed by atoms with E-state index in [1.807, 2.05) is 18.2 Å². The number of amides is 1. The molecular weight excluding hydrogens is 406 g/mol. The highest BCUT2D eigenvalue weighted by Crippen LogP contribution is 2.34. The van der Waals surface area contributed by atoms with Gasteiger partial charge in [-0.1, -0.05) is 24.6 Å². The number of methoxy groups -OCH3 is 1. The number of esters is 1. The number of likely N-dealkylation sites (tertiary alicyclic amines) is 1. The van der Waals surface area contributed by atoms with E-state index in [1.165, 1.54) is 7.11 Å². The third kappa shape index (κ3) is 5.26. The van der Waals surface area contributed by atoms with E-state index in [0.29, 0.717) is 31.1 Å². The number of carbonyl (C=O) groups is 2. The number of para-hydroxylation sites is 1. The number of nitrogens with one attached hydrogen (secondary N) is 1. The zero-order valence-electron chi connectivity index (χ0n) is 19.1. The van der Waals surface area contributed by atoms with Crippen LogP contribution in [0.3, 0.4) is 0 Å². The molecule has 174 valence electrons. The number of unbranched alkanes of at least 4 members (excludes halogenated alkanes) is 2. The van der Waals surface area contributed by atoms with Crippen LogP contribution >= 0.6 is 0 Å². The zero-order chi connectivity index (χ0) is 22.3. The second kappa shape index (κ2) is 10.9. The van der Waals surface area contributed by atoms with Crippen molar-refractivity contribution in [3.05, 3.63) is 29.8 Å². The molecule has 32 heavy (non-hydrogen) atoms. The van der Waals surface area contributed by atoms with Crippen molar-refractivity contribution in [3.8, 4) is 5.88 Å². The molecule has 1 N–H and O–H groups in total. The molecule has 1 saturated heterocycles. The third-order valence-corrected chi connectivity index (χ3v) is 6.76. The van der Waals surface area contributed by atoms with E-state index in [9.17, 15) is 9.59 Å². The minimum Gasteiger partial charge on any atom is -0.478 e. The van der Waals surface area contributed by atoms with E-state index in [1.54, 1.807) is 0 Å². The van der Waals surface area contributed by atoms with E-state index in [4.69, 9.17) is 4.74 Å². The molecule has 0 bridgehead atoms. The third-order valence-electron chi connectivity index (χ3n) is 6.76. The average molecular weight is 442 g/mol. The van der Waals surface area contributed by atoms with Crippen LogP contribution in [0, 0.1) is 5.92 Å². The molecule has 1 aromatic carbocycles. The molecule has 1 aromatic heterocycles. The van der Waals surface area contributed by atoms with Gasteiger partial charge < -0.3 is 24.3 Å². The Bertz CT molecular complexity index is 931. The number of aryl methyl sites for hydroxylation is 1. The second-order valence-electron chi connectivity index (χ2n) is 8.93. The fraction of sp³-hybridized carbons (Fsp3) is 0.600. The van der Waals surface area contributed by atoms with Crippen molar-refractivity contribution < 1.29 is 19.1 Å². The topological polar surface area (TPSA) is 72.8 Å². The summed E-state index contributed by atoms with van der Waals surface area (Å²) in [6.07, 6.45) is 6.77. The SMILES string of the molecule is COC(=O)CCCCCN1CCC(CNC(=O)c2c3n(c4ccccc24)CCCO3)CC1. The van der Waals surface area contributed by atoms with Gasteiger partial charge in [-0.3, -0.25) is 9.59 Å². The summed E-state index contributed by atoms with van der Waals surface area (Å²) in [5.74, 6) is 1.09. The Balaban J connectivity index is 1.23. The van der Waals surface area contributed by atoms with Gasteiger partial charge in [0.15, 0.2) is 0 Å². The lowest BCUT2D eigenvalue weighted by atomic mass is 9.96. The number of hydrogen-bond acceptors (Lipinski definition) is 5. The molecule has 0 aliphatic carbocycles. The van der Waals surface area contributed by atoms with Crippen LogP contribution in [0.4, 0.5) is 0 Å². The summed E-state index contributed by atoms with van der Waals surface area (Å²) in [7, 11) is 1.44. The Kier molecular flexibility index (Phi) is 7.68. The van der Waals surface area contributed by atoms with E-state index >= 15 is 0 Å². The molecule has 1 fully saturated rings. The Morgan fingerprint density at radius 1 is 1.12 bits per heavy atom. The second-order valence-corrected chi connectivity index (χ2v) is 8.93. The lowest BCUT2D eigenvalue weighted by Gasteiger charge is -2.32. The number of fused-ring (bicyclic) bond motifs is 3. The molecule has 7 heteroatoms. The highest BCUT2D eigenvalue weighted by atomic mass is 16.5. The fourth-order valence-electron chi connectivity index (χ4n) is 4.89. The Hall–Kier alpha value is -2.54. The minimum absolute atomic E-state index is 0.0233. The van der Waals surface area contributed by atoms with Gasteiger partial charge in [0.05, 0.1) is 19.2 Å². The van der Waals surface area contributed by atoms with Crippen molar-refractivity contribution in [1.29, 1.82) is 0 Å². The first-order valence-corrected chi connectivity index (χ1v) is 12.0. The van der Waals surface area contributed by atoms with Gasteiger partial charge in [0.1, 0.15) is 5.56 Å². The molecule has 2 aliphatic heterocycles. The molecule has 2 aromatic rings. The van der Waals surface area contributed by atoms with Gasteiger partial charge in [-0.2, -0.15) is 0 Å². The van der Waals surface area contributed by atoms with Crippen LogP contribution in [-0.4, -0.2) is 61.2 Å². The molecule has 0 spiro atoms. The molecule has 2 aliphatic rings. The number of nitrogens with zero attached hydrogens (tertiary/aromatic N) is 2. The Morgan fingerprint density at radius 3 is 2.75 bits per heavy atom. The molecule has 1 amide bonds. The van der Waals surface area contributed by atoms with Crippen LogP contribution in [-0.2, 0) is 16.1 Å². The lowest BCUT2D eigenvalue weighted by Crippen LogP contribution is -2.39. The highest BCUT2D eigenvalue weighted by molar-refractivity contribution is 6.09. The zero-order valence-corrected chi connectivity index (χ0v) is 19.1. The molecule has 0 saturated carbocycles. The van der Waals surface area contributed by atoms with Crippen molar-refractivity contribution in [2.45, 2.75) is 51.5 Å². The van der Waals surface area contributed by atoms with Crippen molar-refractivity contribution in [3.63, 3.8) is 0 Å². The molecule has 0 atom stereocenters. The molecule has 0 radical (unpaired) electrons. The lowest BCUT2D eigenvalue weighted by molar-refractivity contribution is -0.140. The van der Waals surface area contributed by atoms with Crippen LogP contribution in [0.1, 0.15) is 55.3 Å². The van der Waals surface area contributed by atoms with Gasteiger partial charge in [0, 0.05) is 24.9 Å². The molecule has 3 heterocycles. The number of rotatable bonds is 9. The maximum Gasteiger partial charge on any atom is 0.305 e. The van der Waals surface area contributed by atoms with Gasteiger partial charge >= 0.3 is 5.97 Å². The largest absolute Gasteiger partial charge is 0.478 e. The summed E-state index contributed by atoms with van der Waals surface area (Å²) in [6.45, 7) is 5.50. The Labute approximate surface area is 190 Å². The van der Waals surface area contributed by atoms with Crippen LogP contribution in [0.15, 0.2) is 24.3 Å². The van der Waals surface area contributed by atoms with Crippen LogP contribution in [0.25, 0.3) is 10.9 Å². The monoisotopic (exact) mass is 441 g/mol. The number of aromatic nitrogens is 1. The molecule has 7 nitrogen and oxygen atoms in total. The van der Waals surface area contributed by atoms with E-state index in [2.05, 4.69) is 25.6 Å². The minimum atomic E-state index is -0.117. The van der Waals surface area contributed by atoms with Crippen LogP contribution in [0.5, 0.6) is 5.88 Å². The van der Waals surface area contributed by atoms with Gasteiger partial charge in [-0.15, -0.1) is 0 Å². The van der Waals surface area contributed by atoms with Crippen molar-refractivity contribution >= 4 is 22.8 Å². The van der Waals surface area contributed by atoms with Gasteiger partial charge in [0.25, 0.3) is 5.91 Å². The van der Waals surface area contributed by atoms with E-state index < -0.39 is 0 Å². The predicted molar refractivity (Wildman–Crippen MR) is 124 cm³/mol. The summed E-state index contributed by atoms with van der Waals surface area (Å²) in [5, 5.41) is 4.17.